The smallest absolute Gasteiger partial charge is 0.325 e. The fraction of sp³-hybridized carbons (Fsp3) is 0.417. The monoisotopic (exact) mass is 306 g/mol. The highest BCUT2D eigenvalue weighted by molar-refractivity contribution is 7.91. The fourth-order valence-electron chi connectivity index (χ4n) is 1.36. The number of carbonyl (C=O) groups is 1. The number of carbonyl (C=O) groups excluding carboxylic acids is 1. The van der Waals surface area contributed by atoms with Gasteiger partial charge in [0.2, 0.25) is 15.7 Å². The van der Waals surface area contributed by atoms with E-state index in [2.05, 4.69) is 5.32 Å². The number of hydrogen-bond donors (Lipinski definition) is 2. The molecule has 112 valence electrons. The van der Waals surface area contributed by atoms with E-state index in [-0.39, 0.29) is 5.92 Å². The van der Waals surface area contributed by atoms with Crippen LogP contribution in [0.2, 0.25) is 0 Å². The zero-order chi connectivity index (χ0) is 15.5. The number of alkyl halides is 2. The van der Waals surface area contributed by atoms with E-state index < -0.39 is 32.4 Å². The lowest BCUT2D eigenvalue weighted by Crippen LogP contribution is -2.39. The molecule has 1 atom stereocenters. The van der Waals surface area contributed by atoms with Gasteiger partial charge in [-0.25, -0.2) is 8.42 Å². The highest BCUT2D eigenvalue weighted by Gasteiger charge is 2.26. The maximum atomic E-state index is 12.3. The Labute approximate surface area is 116 Å². The molecule has 0 unspecified atom stereocenters. The van der Waals surface area contributed by atoms with Crippen molar-refractivity contribution in [3.05, 3.63) is 24.3 Å². The standard InChI is InChI=1S/C12H16F2N2O3S/c1-7(2)10(15)11(17)16-8-3-5-9(6-4-8)20(18,19)12(13)14/h3-7,10,12H,15H2,1-2H3,(H,16,17)/t10-/m1/s1. The lowest BCUT2D eigenvalue weighted by Gasteiger charge is -2.15. The first-order valence-corrected chi connectivity index (χ1v) is 7.39. The summed E-state index contributed by atoms with van der Waals surface area (Å²) < 4.78 is 47.1. The Morgan fingerprint density at radius 3 is 2.10 bits per heavy atom. The number of rotatable bonds is 5. The van der Waals surface area contributed by atoms with Gasteiger partial charge in [0, 0.05) is 5.69 Å². The van der Waals surface area contributed by atoms with Crippen molar-refractivity contribution in [1.82, 2.24) is 0 Å². The average Bonchev–Trinajstić information content (AvgIpc) is 2.38. The maximum Gasteiger partial charge on any atom is 0.341 e. The van der Waals surface area contributed by atoms with E-state index in [1.54, 1.807) is 13.8 Å². The summed E-state index contributed by atoms with van der Waals surface area (Å²) in [4.78, 5) is 11.2. The van der Waals surface area contributed by atoms with Crippen LogP contribution in [0.15, 0.2) is 29.2 Å². The number of benzene rings is 1. The van der Waals surface area contributed by atoms with Gasteiger partial charge in [-0.15, -0.1) is 0 Å². The summed E-state index contributed by atoms with van der Waals surface area (Å²) in [5, 5.41) is 2.48. The predicted molar refractivity (Wildman–Crippen MR) is 71.1 cm³/mol. The molecule has 0 radical (unpaired) electrons. The number of amides is 1. The summed E-state index contributed by atoms with van der Waals surface area (Å²) in [5.74, 6) is -3.96. The van der Waals surface area contributed by atoms with Gasteiger partial charge in [0.1, 0.15) is 0 Å². The fourth-order valence-corrected chi connectivity index (χ4v) is 2.08. The van der Waals surface area contributed by atoms with E-state index in [0.29, 0.717) is 5.69 Å². The van der Waals surface area contributed by atoms with Crippen LogP contribution in [0, 0.1) is 5.92 Å². The Morgan fingerprint density at radius 1 is 1.20 bits per heavy atom. The van der Waals surface area contributed by atoms with Crippen LogP contribution in [0.5, 0.6) is 0 Å². The molecule has 5 nitrogen and oxygen atoms in total. The van der Waals surface area contributed by atoms with Crippen molar-refractivity contribution >= 4 is 21.4 Å². The second-order valence-corrected chi connectivity index (χ2v) is 6.51. The third-order valence-corrected chi connectivity index (χ3v) is 4.10. The molecule has 0 bridgehead atoms. The third kappa shape index (κ3) is 3.73. The van der Waals surface area contributed by atoms with Gasteiger partial charge in [0.25, 0.3) is 0 Å². The first-order chi connectivity index (χ1) is 9.16. The largest absolute Gasteiger partial charge is 0.341 e. The maximum absolute atomic E-state index is 12.3. The van der Waals surface area contributed by atoms with Crippen molar-refractivity contribution in [3.8, 4) is 0 Å². The van der Waals surface area contributed by atoms with Crippen LogP contribution in [-0.2, 0) is 14.6 Å². The second-order valence-electron chi connectivity index (χ2n) is 4.59. The minimum atomic E-state index is -4.62. The van der Waals surface area contributed by atoms with Crippen LogP contribution in [0.4, 0.5) is 14.5 Å². The first kappa shape index (κ1) is 16.5. The average molecular weight is 306 g/mol. The van der Waals surface area contributed by atoms with Crippen molar-refractivity contribution < 1.29 is 22.0 Å². The highest BCUT2D eigenvalue weighted by atomic mass is 32.2. The zero-order valence-electron chi connectivity index (χ0n) is 11.0. The summed E-state index contributed by atoms with van der Waals surface area (Å²) in [6, 6.07) is 3.79. The minimum absolute atomic E-state index is 0.0616. The van der Waals surface area contributed by atoms with Gasteiger partial charge in [-0.1, -0.05) is 13.8 Å². The number of nitrogens with two attached hydrogens (primary N) is 1. The molecule has 0 aliphatic carbocycles. The molecule has 3 N–H and O–H groups in total. The Balaban J connectivity index is 2.86. The normalized spacial score (nSPS) is 13.6. The van der Waals surface area contributed by atoms with Crippen molar-refractivity contribution in [2.24, 2.45) is 11.7 Å². The molecule has 1 amide bonds. The minimum Gasteiger partial charge on any atom is -0.325 e. The molecule has 0 aliphatic heterocycles. The van der Waals surface area contributed by atoms with Gasteiger partial charge in [-0.2, -0.15) is 8.78 Å². The van der Waals surface area contributed by atoms with Crippen LogP contribution in [0.1, 0.15) is 13.8 Å². The van der Waals surface area contributed by atoms with E-state index in [0.717, 1.165) is 12.1 Å². The molecular weight excluding hydrogens is 290 g/mol. The van der Waals surface area contributed by atoms with Crippen molar-refractivity contribution in [2.45, 2.75) is 30.5 Å². The van der Waals surface area contributed by atoms with Gasteiger partial charge in [0.05, 0.1) is 10.9 Å². The molecular formula is C12H16F2N2O3S. The van der Waals surface area contributed by atoms with Crippen molar-refractivity contribution in [3.63, 3.8) is 0 Å². The molecule has 1 rings (SSSR count). The second kappa shape index (κ2) is 6.27. The lowest BCUT2D eigenvalue weighted by atomic mass is 10.1. The molecule has 0 spiro atoms. The summed E-state index contributed by atoms with van der Waals surface area (Å²) in [6.07, 6.45) is 0. The molecule has 1 aromatic carbocycles. The van der Waals surface area contributed by atoms with E-state index in [1.165, 1.54) is 12.1 Å². The predicted octanol–water partition coefficient (Wildman–Crippen LogP) is 1.60. The van der Waals surface area contributed by atoms with Gasteiger partial charge in [-0.05, 0) is 30.2 Å². The molecule has 20 heavy (non-hydrogen) atoms. The summed E-state index contributed by atoms with van der Waals surface area (Å²) >= 11 is 0. The van der Waals surface area contributed by atoms with Crippen molar-refractivity contribution in [2.75, 3.05) is 5.32 Å². The van der Waals surface area contributed by atoms with E-state index in [1.807, 2.05) is 0 Å². The van der Waals surface area contributed by atoms with E-state index >= 15 is 0 Å². The molecule has 0 fully saturated rings. The quantitative estimate of drug-likeness (QED) is 0.865. The van der Waals surface area contributed by atoms with E-state index in [9.17, 15) is 22.0 Å². The van der Waals surface area contributed by atoms with Crippen LogP contribution in [-0.4, -0.2) is 26.1 Å². The summed E-state index contributed by atoms with van der Waals surface area (Å²) in [5.41, 5.74) is 5.93. The van der Waals surface area contributed by atoms with Crippen LogP contribution >= 0.6 is 0 Å². The summed E-state index contributed by atoms with van der Waals surface area (Å²) in [6.45, 7) is 3.56. The van der Waals surface area contributed by atoms with Gasteiger partial charge in [-0.3, -0.25) is 4.79 Å². The van der Waals surface area contributed by atoms with Crippen LogP contribution < -0.4 is 11.1 Å². The molecule has 0 saturated heterocycles. The zero-order valence-corrected chi connectivity index (χ0v) is 11.8. The number of anilines is 1. The number of sulfone groups is 1. The molecule has 0 heterocycles. The van der Waals surface area contributed by atoms with E-state index in [4.69, 9.17) is 5.73 Å². The third-order valence-electron chi connectivity index (χ3n) is 2.71. The molecule has 8 heteroatoms. The van der Waals surface area contributed by atoms with Gasteiger partial charge in [0.15, 0.2) is 0 Å². The number of nitrogens with one attached hydrogen (secondary N) is 1. The van der Waals surface area contributed by atoms with Gasteiger partial charge >= 0.3 is 5.76 Å². The van der Waals surface area contributed by atoms with Crippen molar-refractivity contribution in [1.29, 1.82) is 0 Å². The number of hydrogen-bond acceptors (Lipinski definition) is 4. The SMILES string of the molecule is CC(C)[C@@H](N)C(=O)Nc1ccc(S(=O)(=O)C(F)F)cc1. The van der Waals surface area contributed by atoms with Crippen LogP contribution in [0.3, 0.4) is 0 Å². The highest BCUT2D eigenvalue weighted by Crippen LogP contribution is 2.20. The molecule has 0 aromatic heterocycles. The first-order valence-electron chi connectivity index (χ1n) is 5.85. The number of halogens is 2. The Kier molecular flexibility index (Phi) is 5.18. The Bertz CT molecular complexity index is 571. The molecule has 0 aliphatic rings. The molecule has 0 saturated carbocycles. The molecule has 1 aromatic rings. The Morgan fingerprint density at radius 2 is 1.70 bits per heavy atom. The lowest BCUT2D eigenvalue weighted by molar-refractivity contribution is -0.118. The van der Waals surface area contributed by atoms with Gasteiger partial charge < -0.3 is 11.1 Å². The summed E-state index contributed by atoms with van der Waals surface area (Å²) in [7, 11) is -4.62. The Hall–Kier alpha value is -1.54. The van der Waals surface area contributed by atoms with Crippen LogP contribution in [0.25, 0.3) is 0 Å². The topological polar surface area (TPSA) is 89.3 Å².